The van der Waals surface area contributed by atoms with Crippen molar-refractivity contribution in [1.82, 2.24) is 5.32 Å². The van der Waals surface area contributed by atoms with Crippen LogP contribution in [0.4, 0.5) is 0 Å². The lowest BCUT2D eigenvalue weighted by Gasteiger charge is -2.49. The SMILES string of the molecule is CNC(CC1CCCCCC1)C1CCOC2(CCC2)C1. The predicted molar refractivity (Wildman–Crippen MR) is 83.9 cm³/mol. The summed E-state index contributed by atoms with van der Waals surface area (Å²) < 4.78 is 6.11. The molecule has 20 heavy (non-hydrogen) atoms. The minimum Gasteiger partial charge on any atom is -0.375 e. The molecule has 0 aromatic carbocycles. The highest BCUT2D eigenvalue weighted by Gasteiger charge is 2.44. The molecule has 1 saturated heterocycles. The summed E-state index contributed by atoms with van der Waals surface area (Å²) in [5.74, 6) is 1.84. The number of rotatable bonds is 4. The van der Waals surface area contributed by atoms with Gasteiger partial charge in [0.1, 0.15) is 0 Å². The molecular weight excluding hydrogens is 246 g/mol. The third kappa shape index (κ3) is 3.39. The monoisotopic (exact) mass is 279 g/mol. The van der Waals surface area contributed by atoms with Crippen LogP contribution in [-0.2, 0) is 4.74 Å². The van der Waals surface area contributed by atoms with Crippen molar-refractivity contribution in [2.75, 3.05) is 13.7 Å². The zero-order chi connectivity index (χ0) is 13.8. The largest absolute Gasteiger partial charge is 0.375 e. The van der Waals surface area contributed by atoms with Crippen molar-refractivity contribution < 1.29 is 4.74 Å². The van der Waals surface area contributed by atoms with Gasteiger partial charge in [0.15, 0.2) is 0 Å². The summed E-state index contributed by atoms with van der Waals surface area (Å²) in [6.45, 7) is 1.01. The van der Waals surface area contributed by atoms with E-state index in [2.05, 4.69) is 12.4 Å². The van der Waals surface area contributed by atoms with Crippen LogP contribution in [0.15, 0.2) is 0 Å². The van der Waals surface area contributed by atoms with E-state index in [1.54, 1.807) is 0 Å². The van der Waals surface area contributed by atoms with Crippen molar-refractivity contribution in [1.29, 1.82) is 0 Å². The van der Waals surface area contributed by atoms with Crippen molar-refractivity contribution in [3.63, 3.8) is 0 Å². The van der Waals surface area contributed by atoms with Crippen LogP contribution in [0.1, 0.15) is 77.0 Å². The van der Waals surface area contributed by atoms with Crippen LogP contribution in [0.2, 0.25) is 0 Å². The average Bonchev–Trinajstić information content (AvgIpc) is 2.72. The van der Waals surface area contributed by atoms with Gasteiger partial charge in [-0.15, -0.1) is 0 Å². The van der Waals surface area contributed by atoms with Crippen LogP contribution < -0.4 is 5.32 Å². The van der Waals surface area contributed by atoms with Gasteiger partial charge < -0.3 is 10.1 Å². The first kappa shape index (κ1) is 14.8. The quantitative estimate of drug-likeness (QED) is 0.775. The highest BCUT2D eigenvalue weighted by atomic mass is 16.5. The molecule has 1 aliphatic heterocycles. The van der Waals surface area contributed by atoms with Gasteiger partial charge >= 0.3 is 0 Å². The molecule has 3 aliphatic rings. The van der Waals surface area contributed by atoms with E-state index in [1.807, 2.05) is 0 Å². The summed E-state index contributed by atoms with van der Waals surface area (Å²) >= 11 is 0. The first-order valence-electron chi connectivity index (χ1n) is 9.12. The lowest BCUT2D eigenvalue weighted by atomic mass is 9.69. The van der Waals surface area contributed by atoms with Crippen LogP contribution in [0.3, 0.4) is 0 Å². The second kappa shape index (κ2) is 6.79. The molecule has 1 heterocycles. The maximum absolute atomic E-state index is 6.11. The predicted octanol–water partition coefficient (Wildman–Crippen LogP) is 4.28. The van der Waals surface area contributed by atoms with Gasteiger partial charge in [0.05, 0.1) is 5.60 Å². The molecule has 0 aromatic heterocycles. The van der Waals surface area contributed by atoms with Crippen molar-refractivity contribution in [3.8, 4) is 0 Å². The van der Waals surface area contributed by atoms with Crippen LogP contribution in [0.25, 0.3) is 0 Å². The number of nitrogens with one attached hydrogen (secondary N) is 1. The van der Waals surface area contributed by atoms with Gasteiger partial charge in [0.25, 0.3) is 0 Å². The van der Waals surface area contributed by atoms with E-state index in [-0.39, 0.29) is 0 Å². The molecule has 1 spiro atoms. The molecule has 1 N–H and O–H groups in total. The highest BCUT2D eigenvalue weighted by molar-refractivity contribution is 4.96. The molecular formula is C18H33NO. The Morgan fingerprint density at radius 2 is 1.80 bits per heavy atom. The second-order valence-electron chi connectivity index (χ2n) is 7.63. The van der Waals surface area contributed by atoms with Crippen molar-refractivity contribution in [3.05, 3.63) is 0 Å². The van der Waals surface area contributed by atoms with Crippen molar-refractivity contribution in [2.24, 2.45) is 11.8 Å². The maximum Gasteiger partial charge on any atom is 0.0685 e. The zero-order valence-corrected chi connectivity index (χ0v) is 13.3. The Kier molecular flexibility index (Phi) is 5.04. The van der Waals surface area contributed by atoms with E-state index in [1.165, 1.54) is 77.0 Å². The fraction of sp³-hybridized carbons (Fsp3) is 1.00. The van der Waals surface area contributed by atoms with Crippen LogP contribution in [0, 0.1) is 11.8 Å². The van der Waals surface area contributed by atoms with Crippen LogP contribution >= 0.6 is 0 Å². The van der Waals surface area contributed by atoms with E-state index in [9.17, 15) is 0 Å². The summed E-state index contributed by atoms with van der Waals surface area (Å²) in [6.07, 6.45) is 16.9. The number of hydrogen-bond acceptors (Lipinski definition) is 2. The first-order valence-corrected chi connectivity index (χ1v) is 9.12. The smallest absolute Gasteiger partial charge is 0.0685 e. The lowest BCUT2D eigenvalue weighted by Crippen LogP contribution is -2.50. The molecule has 2 heteroatoms. The molecule has 3 rings (SSSR count). The molecule has 0 radical (unpaired) electrons. The summed E-state index contributed by atoms with van der Waals surface area (Å²) in [5.41, 5.74) is 0.307. The molecule has 2 aliphatic carbocycles. The highest BCUT2D eigenvalue weighted by Crippen LogP contribution is 2.45. The molecule has 2 nitrogen and oxygen atoms in total. The minimum atomic E-state index is 0.307. The Balaban J connectivity index is 1.54. The molecule has 2 unspecified atom stereocenters. The van der Waals surface area contributed by atoms with E-state index in [0.29, 0.717) is 5.60 Å². The summed E-state index contributed by atoms with van der Waals surface area (Å²) in [7, 11) is 2.18. The van der Waals surface area contributed by atoms with Crippen molar-refractivity contribution in [2.45, 2.75) is 88.7 Å². The number of hydrogen-bond donors (Lipinski definition) is 1. The first-order chi connectivity index (χ1) is 9.81. The Hall–Kier alpha value is -0.0800. The third-order valence-corrected chi connectivity index (χ3v) is 6.30. The van der Waals surface area contributed by atoms with Gasteiger partial charge in [-0.05, 0) is 57.4 Å². The maximum atomic E-state index is 6.11. The third-order valence-electron chi connectivity index (χ3n) is 6.30. The topological polar surface area (TPSA) is 21.3 Å². The van der Waals surface area contributed by atoms with E-state index < -0.39 is 0 Å². The standard InChI is InChI=1S/C18H33NO/c1-19-17(13-15-7-4-2-3-5-8-15)16-9-12-20-18(14-16)10-6-11-18/h15-17,19H,2-14H2,1H3. The fourth-order valence-electron chi connectivity index (χ4n) is 4.83. The lowest BCUT2D eigenvalue weighted by molar-refractivity contribution is -0.147. The minimum absolute atomic E-state index is 0.307. The molecule has 2 saturated carbocycles. The zero-order valence-electron chi connectivity index (χ0n) is 13.3. The Labute approximate surface area is 125 Å². The van der Waals surface area contributed by atoms with Crippen molar-refractivity contribution >= 4 is 0 Å². The van der Waals surface area contributed by atoms with E-state index in [4.69, 9.17) is 4.74 Å². The molecule has 0 amide bonds. The van der Waals surface area contributed by atoms with Crippen LogP contribution in [0.5, 0.6) is 0 Å². The molecule has 3 fully saturated rings. The van der Waals surface area contributed by atoms with Crippen LogP contribution in [-0.4, -0.2) is 25.3 Å². The Bertz CT molecular complexity index is 292. The Morgan fingerprint density at radius 3 is 2.40 bits per heavy atom. The van der Waals surface area contributed by atoms with Gasteiger partial charge in [-0.1, -0.05) is 38.5 Å². The molecule has 2 atom stereocenters. The molecule has 116 valence electrons. The van der Waals surface area contributed by atoms with E-state index in [0.717, 1.165) is 24.5 Å². The molecule has 0 aromatic rings. The van der Waals surface area contributed by atoms with Gasteiger partial charge in [-0.25, -0.2) is 0 Å². The summed E-state index contributed by atoms with van der Waals surface area (Å²) in [4.78, 5) is 0. The average molecular weight is 279 g/mol. The van der Waals surface area contributed by atoms with Gasteiger partial charge in [-0.2, -0.15) is 0 Å². The molecule has 0 bridgehead atoms. The van der Waals surface area contributed by atoms with Gasteiger partial charge in [0, 0.05) is 12.6 Å². The summed E-state index contributed by atoms with van der Waals surface area (Å²) in [5, 5.41) is 3.67. The summed E-state index contributed by atoms with van der Waals surface area (Å²) in [6, 6.07) is 0.736. The van der Waals surface area contributed by atoms with Gasteiger partial charge in [-0.3, -0.25) is 0 Å². The van der Waals surface area contributed by atoms with Gasteiger partial charge in [0.2, 0.25) is 0 Å². The number of ether oxygens (including phenoxy) is 1. The second-order valence-corrected chi connectivity index (χ2v) is 7.63. The Morgan fingerprint density at radius 1 is 1.05 bits per heavy atom. The normalized spacial score (nSPS) is 32.5. The fourth-order valence-corrected chi connectivity index (χ4v) is 4.83. The van der Waals surface area contributed by atoms with E-state index >= 15 is 0 Å².